The van der Waals surface area contributed by atoms with Crippen LogP contribution in [0.25, 0.3) is 0 Å². The van der Waals surface area contributed by atoms with Crippen LogP contribution in [-0.4, -0.2) is 17.2 Å². The largest absolute Gasteiger partial charge is 0.447 e. The maximum absolute atomic E-state index is 11.4. The van der Waals surface area contributed by atoms with E-state index in [2.05, 4.69) is 17.2 Å². The van der Waals surface area contributed by atoms with E-state index < -0.39 is 6.09 Å². The van der Waals surface area contributed by atoms with Crippen LogP contribution in [0.15, 0.2) is 6.20 Å². The number of aryl methyl sites for hydroxylation is 1. The molecule has 90 valence electrons. The molecule has 16 heavy (non-hydrogen) atoms. The molecule has 0 saturated heterocycles. The summed E-state index contributed by atoms with van der Waals surface area (Å²) in [5, 5.41) is 3.67. The fourth-order valence-corrected chi connectivity index (χ4v) is 2.03. The third kappa shape index (κ3) is 3.81. The number of nitrogens with one attached hydrogen (secondary N) is 1. The van der Waals surface area contributed by atoms with Crippen LogP contribution in [0.1, 0.15) is 43.6 Å². The molecule has 0 aliphatic heterocycles. The van der Waals surface area contributed by atoms with Gasteiger partial charge in [-0.25, -0.2) is 9.78 Å². The van der Waals surface area contributed by atoms with Gasteiger partial charge in [0.2, 0.25) is 0 Å². The molecule has 0 saturated carbocycles. The van der Waals surface area contributed by atoms with E-state index in [-0.39, 0.29) is 12.1 Å². The number of thiazole rings is 1. The Bertz CT molecular complexity index is 350. The van der Waals surface area contributed by atoms with E-state index in [1.54, 1.807) is 11.3 Å². The molecular weight excluding hydrogens is 224 g/mol. The molecule has 1 atom stereocenters. The van der Waals surface area contributed by atoms with Crippen LogP contribution in [0.3, 0.4) is 0 Å². The van der Waals surface area contributed by atoms with Gasteiger partial charge in [0.15, 0.2) is 0 Å². The number of hydrogen-bond donors (Lipinski definition) is 1. The summed E-state index contributed by atoms with van der Waals surface area (Å²) in [5.41, 5.74) is 0. The maximum Gasteiger partial charge on any atom is 0.407 e. The summed E-state index contributed by atoms with van der Waals surface area (Å²) in [6, 6.07) is -0.100. The van der Waals surface area contributed by atoms with Crippen LogP contribution >= 0.6 is 11.3 Å². The van der Waals surface area contributed by atoms with Crippen molar-refractivity contribution in [1.29, 1.82) is 0 Å². The third-order valence-electron chi connectivity index (χ3n) is 1.97. The Morgan fingerprint density at radius 3 is 2.75 bits per heavy atom. The summed E-state index contributed by atoms with van der Waals surface area (Å²) in [7, 11) is 0. The first kappa shape index (κ1) is 13.0. The minimum Gasteiger partial charge on any atom is -0.447 e. The molecule has 1 amide bonds. The number of ether oxygens (including phenoxy) is 1. The highest BCUT2D eigenvalue weighted by atomic mass is 32.1. The summed E-state index contributed by atoms with van der Waals surface area (Å²) in [5.74, 6) is 0. The summed E-state index contributed by atoms with van der Waals surface area (Å²) in [6.07, 6.45) is 2.33. The molecule has 0 fully saturated rings. The lowest BCUT2D eigenvalue weighted by Crippen LogP contribution is -2.29. The van der Waals surface area contributed by atoms with Gasteiger partial charge in [-0.15, -0.1) is 11.3 Å². The Morgan fingerprint density at radius 1 is 1.56 bits per heavy atom. The molecule has 1 rings (SSSR count). The first-order valence-electron chi connectivity index (χ1n) is 5.44. The molecule has 1 unspecified atom stereocenters. The van der Waals surface area contributed by atoms with Gasteiger partial charge < -0.3 is 10.1 Å². The summed E-state index contributed by atoms with van der Waals surface area (Å²) < 4.78 is 5.00. The highest BCUT2D eigenvalue weighted by Crippen LogP contribution is 2.20. The Kier molecular flexibility index (Phi) is 4.73. The van der Waals surface area contributed by atoms with Crippen molar-refractivity contribution in [2.45, 2.75) is 46.3 Å². The van der Waals surface area contributed by atoms with Gasteiger partial charge in [0.05, 0.1) is 12.1 Å². The van der Waals surface area contributed by atoms with Gasteiger partial charge in [-0.2, -0.15) is 0 Å². The first-order chi connectivity index (χ1) is 7.52. The number of aromatic nitrogens is 1. The lowest BCUT2D eigenvalue weighted by atomic mass is 10.4. The highest BCUT2D eigenvalue weighted by molar-refractivity contribution is 7.11. The predicted octanol–water partition coefficient (Wildman–Crippen LogP) is 2.90. The van der Waals surface area contributed by atoms with Crippen LogP contribution in [0.5, 0.6) is 0 Å². The normalized spacial score (nSPS) is 12.6. The van der Waals surface area contributed by atoms with Gasteiger partial charge >= 0.3 is 6.09 Å². The molecular formula is C11H18N2O2S. The van der Waals surface area contributed by atoms with Crippen molar-refractivity contribution in [3.05, 3.63) is 16.1 Å². The fraction of sp³-hybridized carbons (Fsp3) is 0.636. The topological polar surface area (TPSA) is 51.2 Å². The summed E-state index contributed by atoms with van der Waals surface area (Å²) in [6.45, 7) is 7.63. The van der Waals surface area contributed by atoms with Crippen LogP contribution < -0.4 is 5.32 Å². The van der Waals surface area contributed by atoms with Gasteiger partial charge in [-0.3, -0.25) is 0 Å². The quantitative estimate of drug-likeness (QED) is 0.883. The smallest absolute Gasteiger partial charge is 0.407 e. The second-order valence-corrected chi connectivity index (χ2v) is 4.99. The summed E-state index contributed by atoms with van der Waals surface area (Å²) >= 11 is 1.62. The molecule has 0 bridgehead atoms. The van der Waals surface area contributed by atoms with Gasteiger partial charge in [0.25, 0.3) is 0 Å². The molecule has 1 aromatic rings. The van der Waals surface area contributed by atoms with Crippen LogP contribution in [-0.2, 0) is 11.2 Å². The minimum atomic E-state index is -0.393. The summed E-state index contributed by atoms with van der Waals surface area (Å²) in [4.78, 5) is 16.8. The van der Waals surface area contributed by atoms with E-state index in [0.29, 0.717) is 0 Å². The molecule has 1 heterocycles. The van der Waals surface area contributed by atoms with Gasteiger partial charge in [-0.1, -0.05) is 6.92 Å². The van der Waals surface area contributed by atoms with E-state index >= 15 is 0 Å². The van der Waals surface area contributed by atoms with Crippen molar-refractivity contribution in [3.63, 3.8) is 0 Å². The number of nitrogens with zero attached hydrogens (tertiary/aromatic N) is 1. The SMILES string of the molecule is CCc1cnc(C(C)NC(=O)OC(C)C)s1. The molecule has 0 spiro atoms. The Balaban J connectivity index is 2.51. The van der Waals surface area contributed by atoms with E-state index in [1.165, 1.54) is 4.88 Å². The van der Waals surface area contributed by atoms with Gasteiger partial charge in [-0.05, 0) is 27.2 Å². The monoisotopic (exact) mass is 242 g/mol. The second kappa shape index (κ2) is 5.84. The average molecular weight is 242 g/mol. The maximum atomic E-state index is 11.4. The van der Waals surface area contributed by atoms with Crippen molar-refractivity contribution in [1.82, 2.24) is 10.3 Å². The molecule has 1 N–H and O–H groups in total. The van der Waals surface area contributed by atoms with Crippen molar-refractivity contribution < 1.29 is 9.53 Å². The minimum absolute atomic E-state index is 0.100. The molecule has 0 radical (unpaired) electrons. The number of carbonyl (C=O) groups is 1. The average Bonchev–Trinajstić information content (AvgIpc) is 2.64. The highest BCUT2D eigenvalue weighted by Gasteiger charge is 2.14. The van der Waals surface area contributed by atoms with E-state index in [9.17, 15) is 4.79 Å². The van der Waals surface area contributed by atoms with Crippen LogP contribution in [0, 0.1) is 0 Å². The van der Waals surface area contributed by atoms with E-state index in [4.69, 9.17) is 4.74 Å². The lowest BCUT2D eigenvalue weighted by molar-refractivity contribution is 0.113. The number of carbonyl (C=O) groups excluding carboxylic acids is 1. The fourth-order valence-electron chi connectivity index (χ4n) is 1.17. The van der Waals surface area contributed by atoms with Crippen molar-refractivity contribution in [3.8, 4) is 0 Å². The predicted molar refractivity (Wildman–Crippen MR) is 64.7 cm³/mol. The zero-order valence-electron chi connectivity index (χ0n) is 10.1. The zero-order chi connectivity index (χ0) is 12.1. The Labute approximate surface area is 100 Å². The number of amides is 1. The van der Waals surface area contributed by atoms with E-state index in [0.717, 1.165) is 11.4 Å². The molecule has 0 aliphatic rings. The third-order valence-corrected chi connectivity index (χ3v) is 3.29. The first-order valence-corrected chi connectivity index (χ1v) is 6.26. The number of alkyl carbamates (subject to hydrolysis) is 1. The molecule has 5 heteroatoms. The molecule has 4 nitrogen and oxygen atoms in total. The Morgan fingerprint density at radius 2 is 2.25 bits per heavy atom. The van der Waals surface area contributed by atoms with Crippen LogP contribution in [0.4, 0.5) is 4.79 Å². The van der Waals surface area contributed by atoms with Gasteiger partial charge in [0.1, 0.15) is 5.01 Å². The lowest BCUT2D eigenvalue weighted by Gasteiger charge is -2.13. The van der Waals surface area contributed by atoms with E-state index in [1.807, 2.05) is 27.0 Å². The molecule has 0 aromatic carbocycles. The number of hydrogen-bond acceptors (Lipinski definition) is 4. The molecule has 0 aliphatic carbocycles. The van der Waals surface area contributed by atoms with Crippen molar-refractivity contribution in [2.75, 3.05) is 0 Å². The zero-order valence-corrected chi connectivity index (χ0v) is 10.9. The van der Waals surface area contributed by atoms with Gasteiger partial charge in [0, 0.05) is 11.1 Å². The Hall–Kier alpha value is -1.10. The van der Waals surface area contributed by atoms with Crippen molar-refractivity contribution in [2.24, 2.45) is 0 Å². The number of rotatable bonds is 4. The molecule has 1 aromatic heterocycles. The van der Waals surface area contributed by atoms with Crippen molar-refractivity contribution >= 4 is 17.4 Å². The van der Waals surface area contributed by atoms with Crippen LogP contribution in [0.2, 0.25) is 0 Å². The standard InChI is InChI=1S/C11H18N2O2S/c1-5-9-6-12-10(16-9)8(4)13-11(14)15-7(2)3/h6-8H,5H2,1-4H3,(H,13,14). The second-order valence-electron chi connectivity index (χ2n) is 3.84.